The summed E-state index contributed by atoms with van der Waals surface area (Å²) in [5, 5.41) is 6.65. The number of hydrogen-bond donors (Lipinski definition) is 1. The predicted molar refractivity (Wildman–Crippen MR) is 126 cm³/mol. The Morgan fingerprint density at radius 2 is 1.67 bits per heavy atom. The van der Waals surface area contributed by atoms with Gasteiger partial charge in [0, 0.05) is 19.0 Å². The summed E-state index contributed by atoms with van der Waals surface area (Å²) >= 11 is 0. The lowest BCUT2D eigenvalue weighted by Gasteiger charge is -2.11. The largest absolute Gasteiger partial charge is 0.488 e. The molecule has 0 saturated heterocycles. The predicted octanol–water partition coefficient (Wildman–Crippen LogP) is 5.81. The fourth-order valence-corrected chi connectivity index (χ4v) is 3.23. The molecule has 4 heteroatoms. The molecule has 30 heavy (non-hydrogen) atoms. The van der Waals surface area contributed by atoms with Crippen molar-refractivity contribution in [2.24, 2.45) is 12.8 Å². The van der Waals surface area contributed by atoms with Crippen molar-refractivity contribution in [3.8, 4) is 5.75 Å². The Labute approximate surface area is 178 Å². The highest BCUT2D eigenvalue weighted by atomic mass is 16.5. The zero-order valence-electron chi connectivity index (χ0n) is 17.9. The van der Waals surface area contributed by atoms with Gasteiger partial charge in [0.05, 0.1) is 11.4 Å². The van der Waals surface area contributed by atoms with Crippen LogP contribution in [0.5, 0.6) is 5.75 Å². The van der Waals surface area contributed by atoms with E-state index < -0.39 is 0 Å². The van der Waals surface area contributed by atoms with Crippen molar-refractivity contribution in [1.82, 2.24) is 9.78 Å². The molecule has 0 aliphatic carbocycles. The lowest BCUT2D eigenvalue weighted by atomic mass is 10.1. The van der Waals surface area contributed by atoms with Gasteiger partial charge in [-0.15, -0.1) is 0 Å². The molecule has 0 saturated carbocycles. The summed E-state index contributed by atoms with van der Waals surface area (Å²) in [6.45, 7) is 4.98. The van der Waals surface area contributed by atoms with Crippen LogP contribution in [-0.4, -0.2) is 9.78 Å². The van der Waals surface area contributed by atoms with Gasteiger partial charge in [0.1, 0.15) is 12.4 Å². The Hall–Kier alpha value is -3.37. The molecular weight excluding hydrogens is 370 g/mol. The molecule has 0 aliphatic heterocycles. The van der Waals surface area contributed by atoms with Gasteiger partial charge in [-0.2, -0.15) is 5.10 Å². The minimum absolute atomic E-state index is 0.440. The van der Waals surface area contributed by atoms with E-state index in [0.717, 1.165) is 39.0 Å². The Morgan fingerprint density at radius 3 is 2.40 bits per heavy atom. The summed E-state index contributed by atoms with van der Waals surface area (Å²) in [5.74, 6) is 0.884. The third kappa shape index (κ3) is 5.16. The summed E-state index contributed by atoms with van der Waals surface area (Å²) in [6.07, 6.45) is 4.14. The van der Waals surface area contributed by atoms with Crippen molar-refractivity contribution >= 4 is 22.9 Å². The molecule has 4 aromatic rings. The van der Waals surface area contributed by atoms with E-state index in [-0.39, 0.29) is 0 Å². The lowest BCUT2D eigenvalue weighted by Crippen LogP contribution is -1.98. The highest BCUT2D eigenvalue weighted by Gasteiger charge is 2.06. The van der Waals surface area contributed by atoms with E-state index >= 15 is 0 Å². The number of rotatable bonds is 6. The number of benzene rings is 3. The summed E-state index contributed by atoms with van der Waals surface area (Å²) in [5.41, 5.74) is 9.81. The number of aryl methyl sites for hydroxylation is 1. The molecule has 0 unspecified atom stereocenters. The molecule has 1 aromatic heterocycles. The average Bonchev–Trinajstić information content (AvgIpc) is 3.17. The summed E-state index contributed by atoms with van der Waals surface area (Å²) in [7, 11) is 1.92. The molecule has 0 atom stereocenters. The van der Waals surface area contributed by atoms with Crippen LogP contribution in [0.4, 0.5) is 0 Å². The second kappa shape index (κ2) is 10.4. The van der Waals surface area contributed by atoms with Crippen LogP contribution in [0.25, 0.3) is 22.9 Å². The first-order valence-corrected chi connectivity index (χ1v) is 10.3. The lowest BCUT2D eigenvalue weighted by molar-refractivity contribution is 0.310. The summed E-state index contributed by atoms with van der Waals surface area (Å²) in [6, 6.07) is 24.8. The van der Waals surface area contributed by atoms with Crippen LogP contribution in [0.3, 0.4) is 0 Å². The second-order valence-corrected chi connectivity index (χ2v) is 6.74. The first-order chi connectivity index (χ1) is 14.7. The maximum atomic E-state index is 6.18. The Morgan fingerprint density at radius 1 is 0.933 bits per heavy atom. The van der Waals surface area contributed by atoms with Crippen LogP contribution < -0.4 is 10.5 Å². The van der Waals surface area contributed by atoms with Crippen molar-refractivity contribution in [2.45, 2.75) is 27.0 Å². The normalized spacial score (nSPS) is 10.8. The topological polar surface area (TPSA) is 53.1 Å². The highest BCUT2D eigenvalue weighted by molar-refractivity contribution is 5.91. The van der Waals surface area contributed by atoms with E-state index in [4.69, 9.17) is 10.5 Å². The fourth-order valence-electron chi connectivity index (χ4n) is 3.23. The van der Waals surface area contributed by atoms with Crippen LogP contribution in [0.1, 0.15) is 36.4 Å². The van der Waals surface area contributed by atoms with Gasteiger partial charge in [-0.3, -0.25) is 4.68 Å². The monoisotopic (exact) mass is 399 g/mol. The molecule has 1 heterocycles. The van der Waals surface area contributed by atoms with Crippen molar-refractivity contribution in [2.75, 3.05) is 0 Å². The molecule has 4 rings (SSSR count). The number of hydrogen-bond acceptors (Lipinski definition) is 3. The van der Waals surface area contributed by atoms with E-state index in [0.29, 0.717) is 13.2 Å². The highest BCUT2D eigenvalue weighted by Crippen LogP contribution is 2.29. The van der Waals surface area contributed by atoms with Crippen molar-refractivity contribution in [3.63, 3.8) is 0 Å². The SMILES string of the molecule is CC.Cn1nc(CN)cc1/C=C/c1cc(OCc2ccccc2)c2ccccc2c1. The maximum absolute atomic E-state index is 6.18. The van der Waals surface area contributed by atoms with Crippen molar-refractivity contribution in [3.05, 3.63) is 95.3 Å². The standard InChI is InChI=1S/C24H23N3O.C2H6/c1-27-22(15-21(16-25)26-27)12-11-19-13-20-9-5-6-10-23(20)24(14-19)28-17-18-7-3-2-4-8-18;1-2/h2-15H,16-17,25H2,1H3;1-2H3/b12-11+;. The van der Waals surface area contributed by atoms with Crippen LogP contribution in [0, 0.1) is 0 Å². The molecule has 4 nitrogen and oxygen atoms in total. The minimum atomic E-state index is 0.440. The zero-order chi connectivity index (χ0) is 21.3. The number of nitrogens with zero attached hydrogens (tertiary/aromatic N) is 2. The van der Waals surface area contributed by atoms with Gasteiger partial charge in [0.25, 0.3) is 0 Å². The Kier molecular flexibility index (Phi) is 7.41. The van der Waals surface area contributed by atoms with Crippen molar-refractivity contribution < 1.29 is 4.74 Å². The molecule has 3 aromatic carbocycles. The number of ether oxygens (including phenoxy) is 1. The first-order valence-electron chi connectivity index (χ1n) is 10.3. The van der Waals surface area contributed by atoms with Crippen LogP contribution in [0.15, 0.2) is 72.8 Å². The third-order valence-electron chi connectivity index (χ3n) is 4.71. The third-order valence-corrected chi connectivity index (χ3v) is 4.71. The molecule has 0 aliphatic rings. The van der Waals surface area contributed by atoms with Crippen LogP contribution >= 0.6 is 0 Å². The maximum Gasteiger partial charge on any atom is 0.128 e. The zero-order valence-corrected chi connectivity index (χ0v) is 17.9. The van der Waals surface area contributed by atoms with E-state index in [2.05, 4.69) is 53.6 Å². The fraction of sp³-hybridized carbons (Fsp3) is 0.192. The molecule has 0 spiro atoms. The van der Waals surface area contributed by atoms with Gasteiger partial charge < -0.3 is 10.5 Å². The molecule has 2 N–H and O–H groups in total. The van der Waals surface area contributed by atoms with E-state index in [1.807, 2.05) is 62.0 Å². The van der Waals surface area contributed by atoms with Crippen LogP contribution in [-0.2, 0) is 20.2 Å². The van der Waals surface area contributed by atoms with Crippen LogP contribution in [0.2, 0.25) is 0 Å². The minimum Gasteiger partial charge on any atom is -0.488 e. The smallest absolute Gasteiger partial charge is 0.128 e. The number of nitrogens with two attached hydrogens (primary N) is 1. The Bertz CT molecular complexity index is 1110. The van der Waals surface area contributed by atoms with Crippen molar-refractivity contribution in [1.29, 1.82) is 0 Å². The van der Waals surface area contributed by atoms with E-state index in [1.165, 1.54) is 0 Å². The molecule has 0 amide bonds. The molecule has 0 bridgehead atoms. The summed E-state index contributed by atoms with van der Waals surface area (Å²) in [4.78, 5) is 0. The van der Waals surface area contributed by atoms with Gasteiger partial charge in [-0.1, -0.05) is 74.5 Å². The van der Waals surface area contributed by atoms with E-state index in [1.54, 1.807) is 0 Å². The van der Waals surface area contributed by atoms with E-state index in [9.17, 15) is 0 Å². The first kappa shape index (κ1) is 21.3. The van der Waals surface area contributed by atoms with Gasteiger partial charge >= 0.3 is 0 Å². The number of fused-ring (bicyclic) bond motifs is 1. The average molecular weight is 400 g/mol. The molecular formula is C26H29N3O. The Balaban J connectivity index is 0.00000124. The molecule has 154 valence electrons. The molecule has 0 fully saturated rings. The number of aromatic nitrogens is 2. The van der Waals surface area contributed by atoms with Gasteiger partial charge in [0.2, 0.25) is 0 Å². The second-order valence-electron chi connectivity index (χ2n) is 6.74. The van der Waals surface area contributed by atoms with Gasteiger partial charge in [0.15, 0.2) is 0 Å². The quantitative estimate of drug-likeness (QED) is 0.445. The molecule has 0 radical (unpaired) electrons. The summed E-state index contributed by atoms with van der Waals surface area (Å²) < 4.78 is 8.02. The van der Waals surface area contributed by atoms with Gasteiger partial charge in [-0.05, 0) is 40.8 Å². The van der Waals surface area contributed by atoms with Gasteiger partial charge in [-0.25, -0.2) is 0 Å².